The molecule has 0 bridgehead atoms. The van der Waals surface area contributed by atoms with Crippen molar-refractivity contribution >= 4 is 11.8 Å². The molecule has 3 rings (SSSR count). The number of phenolic OH excluding ortho intramolecular Hbond substituents is 1. The van der Waals surface area contributed by atoms with Crippen LogP contribution < -0.4 is 4.74 Å². The van der Waals surface area contributed by atoms with Gasteiger partial charge < -0.3 is 19.8 Å². The van der Waals surface area contributed by atoms with Crippen LogP contribution in [0.3, 0.4) is 0 Å². The molecule has 1 aliphatic heterocycles. The van der Waals surface area contributed by atoms with Crippen LogP contribution in [0, 0.1) is 4.91 Å². The van der Waals surface area contributed by atoms with Gasteiger partial charge in [-0.3, -0.25) is 0 Å². The van der Waals surface area contributed by atoms with Crippen molar-refractivity contribution in [3.8, 4) is 11.5 Å². The van der Waals surface area contributed by atoms with E-state index in [1.165, 1.54) is 11.8 Å². The minimum atomic E-state index is -1.20. The van der Waals surface area contributed by atoms with Gasteiger partial charge in [0.2, 0.25) is 6.04 Å². The van der Waals surface area contributed by atoms with E-state index < -0.39 is 17.5 Å². The molecule has 0 spiro atoms. The fourth-order valence-corrected chi connectivity index (χ4v) is 4.54. The standard InChI is InChI=1S/C20H24N2O4S/c1-21(2)11-10-17-16-12-14(23)6-9-18(16)27-19(20(24)22(17)25)13-4-7-15(26-3)8-5-13/h4-9,12,17,19-20,24H,10-11H2,1-3H3/p+1/t17?,19-,20-/m0/s1. The summed E-state index contributed by atoms with van der Waals surface area (Å²) in [6.45, 7) is 0.698. The fraction of sp³-hybridized carbons (Fsp3) is 0.400. The normalized spacial score (nSPS) is 22.4. The lowest BCUT2D eigenvalue weighted by molar-refractivity contribution is -0.664. The zero-order valence-electron chi connectivity index (χ0n) is 15.7. The minimum absolute atomic E-state index is 0.120. The third kappa shape index (κ3) is 4.26. The number of thioether (sulfide) groups is 1. The number of aliphatic hydroxyl groups excluding tert-OH is 1. The lowest BCUT2D eigenvalue weighted by atomic mass is 10.0. The van der Waals surface area contributed by atoms with E-state index in [9.17, 15) is 15.1 Å². The molecule has 27 heavy (non-hydrogen) atoms. The van der Waals surface area contributed by atoms with Crippen LogP contribution in [0.1, 0.15) is 28.8 Å². The summed E-state index contributed by atoms with van der Waals surface area (Å²) in [6.07, 6.45) is -0.648. The molecule has 1 aliphatic rings. The molecular formula is C20H25N2O4S+. The summed E-state index contributed by atoms with van der Waals surface area (Å²) in [5, 5.41) is 20.4. The van der Waals surface area contributed by atoms with Gasteiger partial charge in [-0.15, -0.1) is 11.8 Å². The Balaban J connectivity index is 2.00. The smallest absolute Gasteiger partial charge is 0.319 e. The van der Waals surface area contributed by atoms with Crippen LogP contribution in [-0.4, -0.2) is 53.9 Å². The second-order valence-electron chi connectivity index (χ2n) is 6.91. The topological polar surface area (TPSA) is 73.0 Å². The lowest BCUT2D eigenvalue weighted by Gasteiger charge is -2.16. The molecule has 0 aromatic heterocycles. The molecule has 1 unspecified atom stereocenters. The Labute approximate surface area is 163 Å². The van der Waals surface area contributed by atoms with Crippen LogP contribution in [0.25, 0.3) is 0 Å². The number of nitroso groups, excluding NO2 is 1. The molecule has 3 atom stereocenters. The molecule has 0 saturated heterocycles. The molecule has 0 fully saturated rings. The average Bonchev–Trinajstić information content (AvgIpc) is 2.75. The van der Waals surface area contributed by atoms with E-state index in [1.807, 2.05) is 49.3 Å². The summed E-state index contributed by atoms with van der Waals surface area (Å²) in [6, 6.07) is 11.9. The van der Waals surface area contributed by atoms with Crippen molar-refractivity contribution in [3.05, 3.63) is 58.5 Å². The highest BCUT2D eigenvalue weighted by Gasteiger charge is 2.45. The number of ether oxygens (including phenoxy) is 1. The number of nitrogens with zero attached hydrogens (tertiary/aromatic N) is 2. The summed E-state index contributed by atoms with van der Waals surface area (Å²) in [5.74, 6) is 0.843. The molecule has 2 aromatic rings. The maximum atomic E-state index is 13.1. The number of hydrogen-bond donors (Lipinski definition) is 2. The maximum Gasteiger partial charge on any atom is 0.319 e. The predicted octanol–water partition coefficient (Wildman–Crippen LogP) is 3.34. The number of hydrogen-bond acceptors (Lipinski definition) is 6. The minimum Gasteiger partial charge on any atom is -0.508 e. The number of aliphatic hydroxyl groups is 1. The number of aromatic hydroxyl groups is 1. The molecule has 0 radical (unpaired) electrons. The second kappa shape index (κ2) is 8.29. The molecule has 2 N–H and O–H groups in total. The van der Waals surface area contributed by atoms with E-state index in [4.69, 9.17) is 4.74 Å². The monoisotopic (exact) mass is 389 g/mol. The van der Waals surface area contributed by atoms with Crippen molar-refractivity contribution < 1.29 is 19.7 Å². The molecular weight excluding hydrogens is 364 g/mol. The number of fused-ring (bicyclic) bond motifs is 1. The van der Waals surface area contributed by atoms with Crippen molar-refractivity contribution in [3.63, 3.8) is 0 Å². The Morgan fingerprint density at radius 1 is 1.19 bits per heavy atom. The summed E-state index contributed by atoms with van der Waals surface area (Å²) in [7, 11) is 5.49. The molecule has 1 heterocycles. The van der Waals surface area contributed by atoms with Crippen molar-refractivity contribution in [1.29, 1.82) is 0 Å². The maximum absolute atomic E-state index is 13.1. The Morgan fingerprint density at radius 3 is 2.52 bits per heavy atom. The van der Waals surface area contributed by atoms with Crippen molar-refractivity contribution in [1.82, 2.24) is 4.90 Å². The van der Waals surface area contributed by atoms with Crippen LogP contribution in [0.4, 0.5) is 0 Å². The largest absolute Gasteiger partial charge is 0.508 e. The summed E-state index contributed by atoms with van der Waals surface area (Å²) in [5.41, 5.74) is 1.60. The van der Waals surface area contributed by atoms with Gasteiger partial charge in [0, 0.05) is 33.1 Å². The van der Waals surface area contributed by atoms with Gasteiger partial charge in [-0.05, 0) is 50.0 Å². The Morgan fingerprint density at radius 2 is 1.89 bits per heavy atom. The SMILES string of the molecule is COc1ccc([C@@H]2Sc3ccc(O)cc3C(CCN(C)C)[N+](=O)[C@H]2O)cc1. The van der Waals surface area contributed by atoms with Crippen molar-refractivity contribution in [2.45, 2.75) is 28.8 Å². The van der Waals surface area contributed by atoms with Gasteiger partial charge in [0.15, 0.2) is 0 Å². The van der Waals surface area contributed by atoms with Crippen molar-refractivity contribution in [2.75, 3.05) is 27.7 Å². The summed E-state index contributed by atoms with van der Waals surface area (Å²) < 4.78 is 5.97. The highest BCUT2D eigenvalue weighted by molar-refractivity contribution is 7.99. The summed E-state index contributed by atoms with van der Waals surface area (Å²) in [4.78, 5) is 16.0. The van der Waals surface area contributed by atoms with Gasteiger partial charge in [-0.2, -0.15) is 0 Å². The van der Waals surface area contributed by atoms with Gasteiger partial charge in [0.1, 0.15) is 16.7 Å². The van der Waals surface area contributed by atoms with E-state index >= 15 is 0 Å². The average molecular weight is 389 g/mol. The second-order valence-corrected chi connectivity index (χ2v) is 8.10. The van der Waals surface area contributed by atoms with Gasteiger partial charge in [-0.1, -0.05) is 12.1 Å². The van der Waals surface area contributed by atoms with Gasteiger partial charge in [0.25, 0.3) is 0 Å². The predicted molar refractivity (Wildman–Crippen MR) is 105 cm³/mol. The van der Waals surface area contributed by atoms with Gasteiger partial charge in [0.05, 0.1) is 7.11 Å². The highest BCUT2D eigenvalue weighted by atomic mass is 32.2. The van der Waals surface area contributed by atoms with E-state index in [2.05, 4.69) is 0 Å². The molecule has 0 amide bonds. The molecule has 0 saturated carbocycles. The van der Waals surface area contributed by atoms with E-state index in [0.29, 0.717) is 13.0 Å². The first-order valence-electron chi connectivity index (χ1n) is 8.82. The quantitative estimate of drug-likeness (QED) is 0.764. The number of methoxy groups -OCH3 is 1. The third-order valence-electron chi connectivity index (χ3n) is 4.74. The Bertz CT molecular complexity index is 810. The van der Waals surface area contributed by atoms with E-state index in [1.54, 1.807) is 19.2 Å². The molecule has 2 aromatic carbocycles. The van der Waals surface area contributed by atoms with Crippen LogP contribution in [0.2, 0.25) is 0 Å². The van der Waals surface area contributed by atoms with Crippen LogP contribution in [0.15, 0.2) is 47.4 Å². The molecule has 6 nitrogen and oxygen atoms in total. The first kappa shape index (κ1) is 19.7. The number of rotatable bonds is 5. The third-order valence-corrected chi connectivity index (χ3v) is 6.13. The van der Waals surface area contributed by atoms with Gasteiger partial charge in [-0.25, -0.2) is 0 Å². The van der Waals surface area contributed by atoms with Gasteiger partial charge >= 0.3 is 6.23 Å². The zero-order valence-corrected chi connectivity index (χ0v) is 16.5. The van der Waals surface area contributed by atoms with Crippen LogP contribution >= 0.6 is 11.8 Å². The zero-order chi connectivity index (χ0) is 19.6. The lowest BCUT2D eigenvalue weighted by Crippen LogP contribution is -2.32. The highest BCUT2D eigenvalue weighted by Crippen LogP contribution is 2.47. The molecule has 144 valence electrons. The Kier molecular flexibility index (Phi) is 6.04. The van der Waals surface area contributed by atoms with Crippen LogP contribution in [-0.2, 0) is 0 Å². The van der Waals surface area contributed by atoms with Crippen molar-refractivity contribution in [2.24, 2.45) is 0 Å². The molecule has 0 aliphatic carbocycles. The number of phenols is 1. The number of benzene rings is 2. The first-order valence-corrected chi connectivity index (χ1v) is 9.70. The van der Waals surface area contributed by atoms with E-state index in [0.717, 1.165) is 26.5 Å². The van der Waals surface area contributed by atoms with Crippen LogP contribution in [0.5, 0.6) is 11.5 Å². The van der Waals surface area contributed by atoms with E-state index in [-0.39, 0.29) is 5.75 Å². The summed E-state index contributed by atoms with van der Waals surface area (Å²) >= 11 is 1.45. The fourth-order valence-electron chi connectivity index (χ4n) is 3.25. The first-order chi connectivity index (χ1) is 12.9. The molecule has 7 heteroatoms. The Hall–Kier alpha value is -2.09.